The molecule has 0 radical (unpaired) electrons. The van der Waals surface area contributed by atoms with Gasteiger partial charge in [0.1, 0.15) is 5.82 Å². The molecule has 1 aliphatic heterocycles. The molecule has 1 saturated heterocycles. The maximum atomic E-state index is 13.3. The number of hydrogen-bond acceptors (Lipinski definition) is 3. The maximum Gasteiger partial charge on any atom is 0.146 e. The number of pyridine rings is 1. The highest BCUT2D eigenvalue weighted by molar-refractivity contribution is 5.84. The first kappa shape index (κ1) is 16.0. The Morgan fingerprint density at radius 2 is 2.12 bits per heavy atom. The van der Waals surface area contributed by atoms with Crippen LogP contribution in [0, 0.1) is 11.7 Å². The van der Waals surface area contributed by atoms with Gasteiger partial charge in [-0.1, -0.05) is 24.3 Å². The Bertz CT molecular complexity index is 888. The molecule has 1 fully saturated rings. The first-order chi connectivity index (χ1) is 12.2. The molecule has 2 heterocycles. The molecular formula is C21H22FN3. The molecule has 0 spiro atoms. The number of fused-ring (bicyclic) bond motifs is 1. The number of aromatic nitrogens is 1. The standard InChI is InChI=1S/C21H22FN3/c22-20-5-4-15(11-21(20)23)13-25-9-7-16(14-25)10-17-2-1-3-18-12-24-8-6-19(17)18/h1-6,8,11-12,16H,7,9-10,13-14,23H2. The van der Waals surface area contributed by atoms with E-state index < -0.39 is 0 Å². The molecule has 0 aliphatic carbocycles. The molecule has 3 aromatic rings. The lowest BCUT2D eigenvalue weighted by atomic mass is 9.95. The second-order valence-corrected chi connectivity index (χ2v) is 6.96. The first-order valence-electron chi connectivity index (χ1n) is 8.77. The van der Waals surface area contributed by atoms with Gasteiger partial charge in [0.15, 0.2) is 0 Å². The molecule has 0 amide bonds. The van der Waals surface area contributed by atoms with Crippen LogP contribution in [0.1, 0.15) is 17.5 Å². The number of anilines is 1. The van der Waals surface area contributed by atoms with E-state index in [4.69, 9.17) is 5.73 Å². The van der Waals surface area contributed by atoms with E-state index in [1.807, 2.05) is 18.5 Å². The lowest BCUT2D eigenvalue weighted by Gasteiger charge is -2.17. The highest BCUT2D eigenvalue weighted by Crippen LogP contribution is 2.26. The number of rotatable bonds is 4. The van der Waals surface area contributed by atoms with Crippen molar-refractivity contribution >= 4 is 16.5 Å². The maximum absolute atomic E-state index is 13.3. The van der Waals surface area contributed by atoms with Crippen molar-refractivity contribution in [1.82, 2.24) is 9.88 Å². The van der Waals surface area contributed by atoms with Crippen LogP contribution >= 0.6 is 0 Å². The SMILES string of the molecule is Nc1cc(CN2CCC(Cc3cccc4cnccc34)C2)ccc1F. The second kappa shape index (κ2) is 6.81. The van der Waals surface area contributed by atoms with E-state index in [1.54, 1.807) is 6.07 Å². The fourth-order valence-electron chi connectivity index (χ4n) is 3.85. The van der Waals surface area contributed by atoms with Crippen LogP contribution in [-0.4, -0.2) is 23.0 Å². The van der Waals surface area contributed by atoms with Crippen molar-refractivity contribution in [3.63, 3.8) is 0 Å². The van der Waals surface area contributed by atoms with Gasteiger partial charge in [-0.2, -0.15) is 0 Å². The highest BCUT2D eigenvalue weighted by Gasteiger charge is 2.23. The Labute approximate surface area is 147 Å². The summed E-state index contributed by atoms with van der Waals surface area (Å²) in [6, 6.07) is 13.6. The molecule has 0 saturated carbocycles. The third-order valence-electron chi connectivity index (χ3n) is 5.12. The van der Waals surface area contributed by atoms with Crippen LogP contribution < -0.4 is 5.73 Å². The summed E-state index contributed by atoms with van der Waals surface area (Å²) in [6.45, 7) is 2.98. The fourth-order valence-corrected chi connectivity index (χ4v) is 3.85. The zero-order valence-corrected chi connectivity index (χ0v) is 14.2. The number of nitrogen functional groups attached to an aromatic ring is 1. The Hall–Kier alpha value is -2.46. The topological polar surface area (TPSA) is 42.1 Å². The second-order valence-electron chi connectivity index (χ2n) is 6.96. The van der Waals surface area contributed by atoms with E-state index in [2.05, 4.69) is 34.1 Å². The van der Waals surface area contributed by atoms with E-state index in [0.717, 1.165) is 31.6 Å². The van der Waals surface area contributed by atoms with E-state index in [-0.39, 0.29) is 11.5 Å². The minimum atomic E-state index is -0.339. The summed E-state index contributed by atoms with van der Waals surface area (Å²) in [7, 11) is 0. The van der Waals surface area contributed by atoms with Gasteiger partial charge < -0.3 is 5.73 Å². The van der Waals surface area contributed by atoms with Crippen LogP contribution in [-0.2, 0) is 13.0 Å². The zero-order valence-electron chi connectivity index (χ0n) is 14.2. The molecule has 1 unspecified atom stereocenters. The smallest absolute Gasteiger partial charge is 0.146 e. The number of likely N-dealkylation sites (tertiary alicyclic amines) is 1. The predicted octanol–water partition coefficient (Wildman–Crippen LogP) is 4.02. The molecule has 4 heteroatoms. The van der Waals surface area contributed by atoms with Crippen LogP contribution in [0.5, 0.6) is 0 Å². The molecule has 25 heavy (non-hydrogen) atoms. The first-order valence-corrected chi connectivity index (χ1v) is 8.77. The van der Waals surface area contributed by atoms with Gasteiger partial charge in [0, 0.05) is 30.9 Å². The quantitative estimate of drug-likeness (QED) is 0.732. The van der Waals surface area contributed by atoms with Crippen molar-refractivity contribution in [3.05, 3.63) is 71.8 Å². The third-order valence-corrected chi connectivity index (χ3v) is 5.12. The Morgan fingerprint density at radius 3 is 3.00 bits per heavy atom. The van der Waals surface area contributed by atoms with Crippen molar-refractivity contribution in [2.45, 2.75) is 19.4 Å². The Morgan fingerprint density at radius 1 is 1.20 bits per heavy atom. The lowest BCUT2D eigenvalue weighted by molar-refractivity contribution is 0.316. The fraction of sp³-hybridized carbons (Fsp3) is 0.286. The van der Waals surface area contributed by atoms with Crippen LogP contribution in [0.2, 0.25) is 0 Å². The van der Waals surface area contributed by atoms with Gasteiger partial charge in [0.25, 0.3) is 0 Å². The average molecular weight is 335 g/mol. The number of benzene rings is 2. The molecule has 2 N–H and O–H groups in total. The van der Waals surface area contributed by atoms with Crippen molar-refractivity contribution in [2.24, 2.45) is 5.92 Å². The van der Waals surface area contributed by atoms with Gasteiger partial charge in [0.2, 0.25) is 0 Å². The zero-order chi connectivity index (χ0) is 17.2. The predicted molar refractivity (Wildman–Crippen MR) is 99.6 cm³/mol. The van der Waals surface area contributed by atoms with E-state index in [1.165, 1.54) is 28.8 Å². The summed E-state index contributed by atoms with van der Waals surface area (Å²) in [4.78, 5) is 6.65. The minimum absolute atomic E-state index is 0.234. The number of halogens is 1. The van der Waals surface area contributed by atoms with E-state index in [0.29, 0.717) is 5.92 Å². The van der Waals surface area contributed by atoms with Crippen LogP contribution in [0.4, 0.5) is 10.1 Å². The van der Waals surface area contributed by atoms with Crippen LogP contribution in [0.3, 0.4) is 0 Å². The van der Waals surface area contributed by atoms with Gasteiger partial charge >= 0.3 is 0 Å². The van der Waals surface area contributed by atoms with Gasteiger partial charge in [-0.15, -0.1) is 0 Å². The number of nitrogens with zero attached hydrogens (tertiary/aromatic N) is 2. The number of nitrogens with two attached hydrogens (primary N) is 1. The Kier molecular flexibility index (Phi) is 4.36. The van der Waals surface area contributed by atoms with Gasteiger partial charge in [0.05, 0.1) is 5.69 Å². The van der Waals surface area contributed by atoms with Crippen molar-refractivity contribution in [1.29, 1.82) is 0 Å². The molecular weight excluding hydrogens is 313 g/mol. The average Bonchev–Trinajstić information content (AvgIpc) is 3.05. The summed E-state index contributed by atoms with van der Waals surface area (Å²) in [5, 5.41) is 2.51. The van der Waals surface area contributed by atoms with Crippen molar-refractivity contribution in [3.8, 4) is 0 Å². The van der Waals surface area contributed by atoms with Gasteiger partial charge in [-0.25, -0.2) is 4.39 Å². The summed E-state index contributed by atoms with van der Waals surface area (Å²) >= 11 is 0. The molecule has 0 bridgehead atoms. The van der Waals surface area contributed by atoms with Gasteiger partial charge in [-0.05, 0) is 60.0 Å². The summed E-state index contributed by atoms with van der Waals surface area (Å²) in [5.74, 6) is 0.310. The summed E-state index contributed by atoms with van der Waals surface area (Å²) < 4.78 is 13.3. The van der Waals surface area contributed by atoms with Crippen LogP contribution in [0.15, 0.2) is 54.9 Å². The van der Waals surface area contributed by atoms with Crippen molar-refractivity contribution < 1.29 is 4.39 Å². The largest absolute Gasteiger partial charge is 0.396 e. The minimum Gasteiger partial charge on any atom is -0.396 e. The highest BCUT2D eigenvalue weighted by atomic mass is 19.1. The molecule has 4 rings (SSSR count). The lowest BCUT2D eigenvalue weighted by Crippen LogP contribution is -2.20. The molecule has 2 aromatic carbocycles. The summed E-state index contributed by atoms with van der Waals surface area (Å²) in [6.07, 6.45) is 6.08. The summed E-state index contributed by atoms with van der Waals surface area (Å²) in [5.41, 5.74) is 8.39. The van der Waals surface area contributed by atoms with Crippen LogP contribution in [0.25, 0.3) is 10.8 Å². The van der Waals surface area contributed by atoms with E-state index in [9.17, 15) is 4.39 Å². The molecule has 3 nitrogen and oxygen atoms in total. The van der Waals surface area contributed by atoms with Crippen molar-refractivity contribution in [2.75, 3.05) is 18.8 Å². The normalized spacial score (nSPS) is 18.0. The monoisotopic (exact) mass is 335 g/mol. The third kappa shape index (κ3) is 3.49. The molecule has 1 aromatic heterocycles. The van der Waals surface area contributed by atoms with E-state index >= 15 is 0 Å². The molecule has 128 valence electrons. The number of hydrogen-bond donors (Lipinski definition) is 1. The molecule has 1 atom stereocenters. The Balaban J connectivity index is 1.43. The molecule has 1 aliphatic rings. The van der Waals surface area contributed by atoms with Gasteiger partial charge in [-0.3, -0.25) is 9.88 Å².